The van der Waals surface area contributed by atoms with E-state index in [1.165, 1.54) is 4.88 Å². The van der Waals surface area contributed by atoms with Gasteiger partial charge >= 0.3 is 0 Å². The summed E-state index contributed by atoms with van der Waals surface area (Å²) in [5.41, 5.74) is 2.41. The molecule has 1 saturated heterocycles. The van der Waals surface area contributed by atoms with Crippen LogP contribution in [-0.2, 0) is 6.54 Å². The summed E-state index contributed by atoms with van der Waals surface area (Å²) in [5, 5.41) is 7.13. The highest BCUT2D eigenvalue weighted by molar-refractivity contribution is 7.09. The molecule has 0 bridgehead atoms. The first-order valence-electron chi connectivity index (χ1n) is 9.77. The Morgan fingerprint density at radius 3 is 2.59 bits per heavy atom. The lowest BCUT2D eigenvalue weighted by Gasteiger charge is -2.34. The number of benzene rings is 2. The summed E-state index contributed by atoms with van der Waals surface area (Å²) < 4.78 is 5.56. The number of fused-ring (bicyclic) bond motifs is 1. The highest BCUT2D eigenvalue weighted by atomic mass is 32.1. The maximum absolute atomic E-state index is 13.1. The van der Waals surface area contributed by atoms with Gasteiger partial charge in [0.15, 0.2) is 5.76 Å². The number of amides is 1. The second-order valence-electron chi connectivity index (χ2n) is 7.26. The molecule has 146 valence electrons. The molecule has 0 spiro atoms. The summed E-state index contributed by atoms with van der Waals surface area (Å²) in [6, 6.07) is 19.8. The van der Waals surface area contributed by atoms with Crippen molar-refractivity contribution < 1.29 is 9.32 Å². The Hall–Kier alpha value is -2.96. The van der Waals surface area contributed by atoms with E-state index in [-0.39, 0.29) is 5.91 Å². The molecule has 5 rings (SSSR count). The molecule has 6 heteroatoms. The number of carbonyl (C=O) groups excluding carboxylic acids is 1. The minimum atomic E-state index is 0.0721. The van der Waals surface area contributed by atoms with Gasteiger partial charge in [-0.25, -0.2) is 0 Å². The van der Waals surface area contributed by atoms with E-state index in [2.05, 4.69) is 27.6 Å². The van der Waals surface area contributed by atoms with Crippen molar-refractivity contribution in [3.63, 3.8) is 0 Å². The van der Waals surface area contributed by atoms with E-state index < -0.39 is 0 Å². The van der Waals surface area contributed by atoms with Crippen LogP contribution >= 0.6 is 11.3 Å². The lowest BCUT2D eigenvalue weighted by atomic mass is 10.1. The molecule has 1 aliphatic heterocycles. The fraction of sp³-hybridized carbons (Fsp3) is 0.217. The normalized spacial score (nSPS) is 15.1. The van der Waals surface area contributed by atoms with Crippen LogP contribution in [0.15, 0.2) is 70.6 Å². The van der Waals surface area contributed by atoms with E-state index in [1.807, 2.05) is 53.4 Å². The molecule has 1 fully saturated rings. The molecule has 5 nitrogen and oxygen atoms in total. The summed E-state index contributed by atoms with van der Waals surface area (Å²) in [6.07, 6.45) is 0. The van der Waals surface area contributed by atoms with Crippen LogP contribution in [0.4, 0.5) is 0 Å². The molecule has 29 heavy (non-hydrogen) atoms. The smallest absolute Gasteiger partial charge is 0.253 e. The average molecular weight is 404 g/mol. The van der Waals surface area contributed by atoms with Crippen LogP contribution in [0.1, 0.15) is 15.2 Å². The molecule has 2 aromatic carbocycles. The standard InChI is InChI=1S/C23H21N3O2S/c27-23(26-12-10-25(11-13-26)16-19-7-4-14-29-19)18-8-9-21-20(15-18)22(28-24-21)17-5-2-1-3-6-17/h1-9,14-15H,10-13,16H2. The largest absolute Gasteiger partial charge is 0.355 e. The Bertz CT molecular complexity index is 1110. The van der Waals surface area contributed by atoms with Gasteiger partial charge in [-0.2, -0.15) is 0 Å². The van der Waals surface area contributed by atoms with Crippen LogP contribution < -0.4 is 0 Å². The van der Waals surface area contributed by atoms with Crippen LogP contribution in [-0.4, -0.2) is 47.0 Å². The Labute approximate surface area is 173 Å². The van der Waals surface area contributed by atoms with Gasteiger partial charge in [0.1, 0.15) is 5.52 Å². The Balaban J connectivity index is 1.32. The van der Waals surface area contributed by atoms with Crippen molar-refractivity contribution in [2.24, 2.45) is 0 Å². The molecular weight excluding hydrogens is 382 g/mol. The third-order valence-electron chi connectivity index (χ3n) is 5.38. The van der Waals surface area contributed by atoms with Crippen molar-refractivity contribution in [2.45, 2.75) is 6.54 Å². The minimum Gasteiger partial charge on any atom is -0.355 e. The van der Waals surface area contributed by atoms with Crippen LogP contribution in [0.5, 0.6) is 0 Å². The quantitative estimate of drug-likeness (QED) is 0.503. The first-order chi connectivity index (χ1) is 14.3. The predicted octanol–water partition coefficient (Wildman–Crippen LogP) is 4.51. The molecule has 0 saturated carbocycles. The Morgan fingerprint density at radius 1 is 1.00 bits per heavy atom. The highest BCUT2D eigenvalue weighted by Crippen LogP contribution is 2.29. The molecule has 0 aliphatic carbocycles. The molecule has 4 aromatic rings. The molecular formula is C23H21N3O2S. The van der Waals surface area contributed by atoms with Crippen LogP contribution in [0.3, 0.4) is 0 Å². The Morgan fingerprint density at radius 2 is 1.83 bits per heavy atom. The molecule has 0 N–H and O–H groups in total. The summed E-state index contributed by atoms with van der Waals surface area (Å²) >= 11 is 1.78. The lowest BCUT2D eigenvalue weighted by Crippen LogP contribution is -2.48. The zero-order chi connectivity index (χ0) is 19.6. The van der Waals surface area contributed by atoms with Gasteiger partial charge in [0.25, 0.3) is 5.91 Å². The number of hydrogen-bond donors (Lipinski definition) is 0. The number of hydrogen-bond acceptors (Lipinski definition) is 5. The first-order valence-corrected chi connectivity index (χ1v) is 10.6. The third-order valence-corrected chi connectivity index (χ3v) is 6.24. The van der Waals surface area contributed by atoms with Gasteiger partial charge < -0.3 is 9.42 Å². The second kappa shape index (κ2) is 7.81. The van der Waals surface area contributed by atoms with Crippen molar-refractivity contribution in [3.8, 4) is 11.3 Å². The second-order valence-corrected chi connectivity index (χ2v) is 8.29. The first kappa shape index (κ1) is 18.1. The molecule has 0 atom stereocenters. The highest BCUT2D eigenvalue weighted by Gasteiger charge is 2.23. The van der Waals surface area contributed by atoms with Gasteiger partial charge in [0.2, 0.25) is 0 Å². The van der Waals surface area contributed by atoms with Gasteiger partial charge in [-0.05, 0) is 29.6 Å². The molecule has 2 aromatic heterocycles. The van der Waals surface area contributed by atoms with Crippen LogP contribution in [0.2, 0.25) is 0 Å². The van der Waals surface area contributed by atoms with Crippen molar-refractivity contribution in [2.75, 3.05) is 26.2 Å². The van der Waals surface area contributed by atoms with E-state index in [1.54, 1.807) is 11.3 Å². The van der Waals surface area contributed by atoms with Gasteiger partial charge in [-0.15, -0.1) is 11.3 Å². The number of nitrogens with zero attached hydrogens (tertiary/aromatic N) is 3. The zero-order valence-electron chi connectivity index (χ0n) is 16.0. The van der Waals surface area contributed by atoms with Crippen molar-refractivity contribution >= 4 is 28.1 Å². The van der Waals surface area contributed by atoms with Gasteiger partial charge in [-0.3, -0.25) is 9.69 Å². The molecule has 0 radical (unpaired) electrons. The molecule has 1 aliphatic rings. The van der Waals surface area contributed by atoms with E-state index in [0.29, 0.717) is 11.3 Å². The molecule has 0 unspecified atom stereocenters. The van der Waals surface area contributed by atoms with Crippen LogP contribution in [0.25, 0.3) is 22.2 Å². The van der Waals surface area contributed by atoms with E-state index in [9.17, 15) is 4.79 Å². The number of thiophene rings is 1. The van der Waals surface area contributed by atoms with Crippen LogP contribution in [0, 0.1) is 0 Å². The molecule has 3 heterocycles. The number of aromatic nitrogens is 1. The third kappa shape index (κ3) is 3.69. The SMILES string of the molecule is O=C(c1ccc2noc(-c3ccccc3)c2c1)N1CCN(Cc2cccs2)CC1. The summed E-state index contributed by atoms with van der Waals surface area (Å²) in [7, 11) is 0. The monoisotopic (exact) mass is 403 g/mol. The van der Waals surface area contributed by atoms with Crippen molar-refractivity contribution in [1.29, 1.82) is 0 Å². The van der Waals surface area contributed by atoms with Gasteiger partial charge in [0.05, 0.1) is 5.39 Å². The van der Waals surface area contributed by atoms with Crippen molar-refractivity contribution in [1.82, 2.24) is 15.0 Å². The summed E-state index contributed by atoms with van der Waals surface area (Å²) in [5.74, 6) is 0.777. The lowest BCUT2D eigenvalue weighted by molar-refractivity contribution is 0.0630. The van der Waals surface area contributed by atoms with Gasteiger partial charge in [-0.1, -0.05) is 41.6 Å². The maximum Gasteiger partial charge on any atom is 0.253 e. The maximum atomic E-state index is 13.1. The predicted molar refractivity (Wildman–Crippen MR) is 115 cm³/mol. The number of piperazine rings is 1. The molecule has 1 amide bonds. The topological polar surface area (TPSA) is 49.6 Å². The number of rotatable bonds is 4. The van der Waals surface area contributed by atoms with E-state index in [4.69, 9.17) is 4.52 Å². The average Bonchev–Trinajstić information content (AvgIpc) is 3.44. The summed E-state index contributed by atoms with van der Waals surface area (Å²) in [6.45, 7) is 4.25. The zero-order valence-corrected chi connectivity index (χ0v) is 16.8. The van der Waals surface area contributed by atoms with Gasteiger partial charge in [0, 0.05) is 48.7 Å². The summed E-state index contributed by atoms with van der Waals surface area (Å²) in [4.78, 5) is 18.8. The fourth-order valence-electron chi connectivity index (χ4n) is 3.79. The van der Waals surface area contributed by atoms with Crippen molar-refractivity contribution in [3.05, 3.63) is 76.5 Å². The fourth-order valence-corrected chi connectivity index (χ4v) is 4.53. The number of carbonyl (C=O) groups is 1. The van der Waals surface area contributed by atoms with E-state index >= 15 is 0 Å². The minimum absolute atomic E-state index is 0.0721. The van der Waals surface area contributed by atoms with E-state index in [0.717, 1.165) is 49.2 Å². The Kier molecular flexibility index (Phi) is 4.87.